The Morgan fingerprint density at radius 3 is 2.76 bits per heavy atom. The molecule has 1 aliphatic rings. The zero-order valence-electron chi connectivity index (χ0n) is 10.3. The van der Waals surface area contributed by atoms with Gasteiger partial charge in [-0.2, -0.15) is 0 Å². The van der Waals surface area contributed by atoms with Gasteiger partial charge >= 0.3 is 0 Å². The third-order valence-corrected chi connectivity index (χ3v) is 3.49. The molecule has 1 aliphatic heterocycles. The topological polar surface area (TPSA) is 16.1 Å². The number of aryl methyl sites for hydroxylation is 1. The normalized spacial score (nSPS) is 15.8. The van der Waals surface area contributed by atoms with Crippen molar-refractivity contribution in [2.24, 2.45) is 0 Å². The molecule has 0 saturated heterocycles. The van der Waals surface area contributed by atoms with Crippen LogP contribution in [-0.4, -0.2) is 29.5 Å². The summed E-state index contributed by atoms with van der Waals surface area (Å²) < 4.78 is 0. The fraction of sp³-hybridized carbons (Fsp3) is 0.583. The lowest BCUT2D eigenvalue weighted by molar-refractivity contribution is 0.305. The van der Waals surface area contributed by atoms with Gasteiger partial charge in [-0.15, -0.1) is 36.2 Å². The van der Waals surface area contributed by atoms with Crippen molar-refractivity contribution in [3.8, 4) is 0 Å². The molecular weight excluding hydrogens is 275 g/mol. The molecule has 0 unspecified atom stereocenters. The lowest BCUT2D eigenvalue weighted by Crippen LogP contribution is -2.30. The second kappa shape index (κ2) is 8.09. The lowest BCUT2D eigenvalue weighted by atomic mass is 10.1. The van der Waals surface area contributed by atoms with Gasteiger partial charge in [-0.05, 0) is 31.9 Å². The van der Waals surface area contributed by atoms with Crippen molar-refractivity contribution in [1.29, 1.82) is 0 Å². The Hall–Kier alpha value is -0.0900. The number of hydrogen-bond donors (Lipinski definition) is 0. The van der Waals surface area contributed by atoms with Crippen molar-refractivity contribution in [3.63, 3.8) is 0 Å². The molecule has 0 N–H and O–H groups in total. The molecule has 5 heteroatoms. The van der Waals surface area contributed by atoms with Gasteiger partial charge in [0.2, 0.25) is 0 Å². The van der Waals surface area contributed by atoms with E-state index in [1.165, 1.54) is 42.2 Å². The van der Waals surface area contributed by atoms with E-state index in [4.69, 9.17) is 0 Å². The van der Waals surface area contributed by atoms with Gasteiger partial charge in [0, 0.05) is 18.5 Å². The average Bonchev–Trinajstić information content (AvgIpc) is 2.66. The Kier molecular flexibility index (Phi) is 8.05. The monoisotopic (exact) mass is 294 g/mol. The van der Waals surface area contributed by atoms with E-state index in [1.54, 1.807) is 11.3 Å². The second-order valence-corrected chi connectivity index (χ2v) is 5.11. The molecular formula is C12H20Cl2N2S. The summed E-state index contributed by atoms with van der Waals surface area (Å²) in [5.74, 6) is 0. The van der Waals surface area contributed by atoms with Crippen LogP contribution in [0.25, 0.3) is 5.57 Å². The molecule has 0 radical (unpaired) electrons. The van der Waals surface area contributed by atoms with Crippen LogP contribution in [-0.2, 0) is 0 Å². The van der Waals surface area contributed by atoms with Crippen LogP contribution in [0.2, 0.25) is 0 Å². The van der Waals surface area contributed by atoms with Gasteiger partial charge in [-0.1, -0.05) is 13.0 Å². The molecule has 0 spiro atoms. The third kappa shape index (κ3) is 4.59. The van der Waals surface area contributed by atoms with Crippen molar-refractivity contribution in [2.45, 2.75) is 26.7 Å². The first kappa shape index (κ1) is 16.9. The Bertz CT molecular complexity index is 363. The van der Waals surface area contributed by atoms with Crippen LogP contribution >= 0.6 is 36.2 Å². The molecule has 1 aromatic rings. The molecule has 2 nitrogen and oxygen atoms in total. The highest BCUT2D eigenvalue weighted by Gasteiger charge is 2.14. The zero-order valence-corrected chi connectivity index (χ0v) is 12.8. The fourth-order valence-electron chi connectivity index (χ4n) is 2.01. The Balaban J connectivity index is 0.00000128. The van der Waals surface area contributed by atoms with Crippen molar-refractivity contribution in [1.82, 2.24) is 9.88 Å². The number of hydrogen-bond acceptors (Lipinski definition) is 3. The van der Waals surface area contributed by atoms with E-state index in [0.717, 1.165) is 6.54 Å². The Labute approximate surface area is 120 Å². The number of rotatable bonds is 3. The van der Waals surface area contributed by atoms with Crippen LogP contribution < -0.4 is 0 Å². The number of halogens is 2. The van der Waals surface area contributed by atoms with Crippen molar-refractivity contribution in [3.05, 3.63) is 22.2 Å². The van der Waals surface area contributed by atoms with E-state index in [9.17, 15) is 0 Å². The SMILES string of the molecule is CCCN1CCC=C(c2csc(C)n2)C1.Cl.Cl. The quantitative estimate of drug-likeness (QED) is 0.843. The van der Waals surface area contributed by atoms with E-state index >= 15 is 0 Å². The molecule has 2 rings (SSSR count). The van der Waals surface area contributed by atoms with Crippen molar-refractivity contribution < 1.29 is 0 Å². The van der Waals surface area contributed by atoms with Crippen molar-refractivity contribution >= 4 is 41.7 Å². The van der Waals surface area contributed by atoms with Crippen LogP contribution in [0.15, 0.2) is 11.5 Å². The first-order chi connectivity index (χ1) is 7.29. The molecule has 2 heterocycles. The van der Waals surface area contributed by atoms with Gasteiger partial charge in [0.25, 0.3) is 0 Å². The van der Waals surface area contributed by atoms with Crippen LogP contribution in [0.3, 0.4) is 0 Å². The minimum Gasteiger partial charge on any atom is -0.299 e. The number of nitrogens with zero attached hydrogens (tertiary/aromatic N) is 2. The number of thiazole rings is 1. The summed E-state index contributed by atoms with van der Waals surface area (Å²) >= 11 is 1.74. The summed E-state index contributed by atoms with van der Waals surface area (Å²) in [7, 11) is 0. The van der Waals surface area contributed by atoms with Gasteiger partial charge in [0.15, 0.2) is 0 Å². The first-order valence-electron chi connectivity index (χ1n) is 5.63. The van der Waals surface area contributed by atoms with E-state index < -0.39 is 0 Å². The summed E-state index contributed by atoms with van der Waals surface area (Å²) in [4.78, 5) is 7.07. The minimum atomic E-state index is 0. The first-order valence-corrected chi connectivity index (χ1v) is 6.51. The smallest absolute Gasteiger partial charge is 0.0901 e. The van der Waals surface area contributed by atoms with Crippen LogP contribution in [0.5, 0.6) is 0 Å². The molecule has 0 saturated carbocycles. The molecule has 17 heavy (non-hydrogen) atoms. The van der Waals surface area contributed by atoms with Gasteiger partial charge in [0.1, 0.15) is 0 Å². The van der Waals surface area contributed by atoms with Gasteiger partial charge in [-0.25, -0.2) is 4.98 Å². The highest BCUT2D eigenvalue weighted by Crippen LogP contribution is 2.22. The van der Waals surface area contributed by atoms with Crippen LogP contribution in [0, 0.1) is 6.92 Å². The molecule has 0 fully saturated rings. The molecule has 1 aromatic heterocycles. The minimum absolute atomic E-state index is 0. The highest BCUT2D eigenvalue weighted by molar-refractivity contribution is 7.09. The van der Waals surface area contributed by atoms with E-state index in [-0.39, 0.29) is 24.8 Å². The number of aromatic nitrogens is 1. The van der Waals surface area contributed by atoms with Gasteiger partial charge in [0.05, 0.1) is 10.7 Å². The highest BCUT2D eigenvalue weighted by atomic mass is 35.5. The predicted octanol–water partition coefficient (Wildman–Crippen LogP) is 3.79. The van der Waals surface area contributed by atoms with E-state index in [2.05, 4.69) is 35.2 Å². The average molecular weight is 295 g/mol. The molecule has 0 atom stereocenters. The molecule has 0 aliphatic carbocycles. The lowest BCUT2D eigenvalue weighted by Gasteiger charge is -2.26. The predicted molar refractivity (Wildman–Crippen MR) is 80.7 cm³/mol. The maximum absolute atomic E-state index is 4.55. The molecule has 0 amide bonds. The molecule has 98 valence electrons. The maximum Gasteiger partial charge on any atom is 0.0901 e. The maximum atomic E-state index is 4.55. The summed E-state index contributed by atoms with van der Waals surface area (Å²) in [6.45, 7) is 7.81. The second-order valence-electron chi connectivity index (χ2n) is 4.05. The van der Waals surface area contributed by atoms with Gasteiger partial charge in [-0.3, -0.25) is 4.90 Å². The van der Waals surface area contributed by atoms with Crippen LogP contribution in [0.1, 0.15) is 30.5 Å². The summed E-state index contributed by atoms with van der Waals surface area (Å²) in [5.41, 5.74) is 2.61. The zero-order chi connectivity index (χ0) is 10.7. The van der Waals surface area contributed by atoms with E-state index in [0.29, 0.717) is 0 Å². The Morgan fingerprint density at radius 2 is 2.18 bits per heavy atom. The van der Waals surface area contributed by atoms with Gasteiger partial charge < -0.3 is 0 Å². The Morgan fingerprint density at radius 1 is 1.41 bits per heavy atom. The standard InChI is InChI=1S/C12H18N2S.2ClH/c1-3-6-14-7-4-5-11(8-14)12-9-15-10(2)13-12;;/h5,9H,3-4,6-8H2,1-2H3;2*1H. The molecule has 0 aromatic carbocycles. The van der Waals surface area contributed by atoms with Crippen molar-refractivity contribution in [2.75, 3.05) is 19.6 Å². The summed E-state index contributed by atoms with van der Waals surface area (Å²) in [6.07, 6.45) is 4.76. The third-order valence-electron chi connectivity index (χ3n) is 2.72. The fourth-order valence-corrected chi connectivity index (χ4v) is 2.65. The summed E-state index contributed by atoms with van der Waals surface area (Å²) in [5, 5.41) is 3.34. The summed E-state index contributed by atoms with van der Waals surface area (Å²) in [6, 6.07) is 0. The largest absolute Gasteiger partial charge is 0.299 e. The van der Waals surface area contributed by atoms with Crippen LogP contribution in [0.4, 0.5) is 0 Å². The molecule has 0 bridgehead atoms. The van der Waals surface area contributed by atoms with E-state index in [1.807, 2.05) is 0 Å².